The minimum absolute atomic E-state index is 0.0826. The number of nitrogens with zero attached hydrogens (tertiary/aromatic N) is 2. The largest absolute Gasteiger partial charge is 0.309 e. The molecule has 3 aromatic carbocycles. The van der Waals surface area contributed by atoms with Gasteiger partial charge in [-0.3, -0.25) is 4.90 Å². The number of sulfone groups is 1. The van der Waals surface area contributed by atoms with Gasteiger partial charge in [-0.25, -0.2) is 17.2 Å². The van der Waals surface area contributed by atoms with Crippen LogP contribution in [0.2, 0.25) is 10.0 Å². The molecule has 4 rings (SSSR count). The molecule has 0 aliphatic carbocycles. The molecule has 3 aromatic rings. The van der Waals surface area contributed by atoms with Crippen LogP contribution in [0.1, 0.15) is 22.7 Å². The fourth-order valence-corrected chi connectivity index (χ4v) is 7.51. The van der Waals surface area contributed by atoms with Crippen molar-refractivity contribution in [3.8, 4) is 0 Å². The predicted octanol–water partition coefficient (Wildman–Crippen LogP) is 5.84. The Bertz CT molecular complexity index is 1240. The summed E-state index contributed by atoms with van der Waals surface area (Å²) in [7, 11) is 0.180. The molecule has 1 heterocycles. The van der Waals surface area contributed by atoms with Crippen LogP contribution in [0.25, 0.3) is 0 Å². The average Bonchev–Trinajstić information content (AvgIpc) is 2.73. The smallest absolute Gasteiger partial charge is 0.155 e. The lowest BCUT2D eigenvalue weighted by molar-refractivity contribution is -0.0209. The molecule has 0 unspecified atom stereocenters. The van der Waals surface area contributed by atoms with E-state index in [9.17, 15) is 17.2 Å². The van der Waals surface area contributed by atoms with Crippen molar-refractivity contribution < 1.29 is 17.2 Å². The lowest BCUT2D eigenvalue weighted by atomic mass is 9.78. The van der Waals surface area contributed by atoms with Crippen LogP contribution < -0.4 is 0 Å². The summed E-state index contributed by atoms with van der Waals surface area (Å²) in [6.07, 6.45) is 0. The highest BCUT2D eigenvalue weighted by molar-refractivity contribution is 7.90. The summed E-state index contributed by atoms with van der Waals surface area (Å²) in [6.45, 7) is 1.64. The van der Waals surface area contributed by atoms with Crippen molar-refractivity contribution in [3.05, 3.63) is 105 Å². The van der Waals surface area contributed by atoms with Crippen LogP contribution >= 0.6 is 23.2 Å². The zero-order valence-electron chi connectivity index (χ0n) is 20.1. The molecule has 9 heteroatoms. The lowest BCUT2D eigenvalue weighted by Gasteiger charge is -2.54. The Morgan fingerprint density at radius 3 is 1.81 bits per heavy atom. The number of hydrogen-bond acceptors (Lipinski definition) is 4. The van der Waals surface area contributed by atoms with Gasteiger partial charge in [0.05, 0.1) is 17.5 Å². The summed E-state index contributed by atoms with van der Waals surface area (Å²) in [4.78, 5) is 4.22. The van der Waals surface area contributed by atoms with Crippen LogP contribution in [0.15, 0.2) is 66.7 Å². The molecule has 192 valence electrons. The zero-order valence-corrected chi connectivity index (χ0v) is 22.4. The van der Waals surface area contributed by atoms with Gasteiger partial charge < -0.3 is 4.90 Å². The first kappa shape index (κ1) is 27.0. The second-order valence-corrected chi connectivity index (χ2v) is 12.9. The zero-order chi connectivity index (χ0) is 26.1. The molecule has 0 radical (unpaired) electrons. The normalized spacial score (nSPS) is 15.9. The van der Waals surface area contributed by atoms with Crippen molar-refractivity contribution in [2.45, 2.75) is 11.8 Å². The standard InChI is InChI=1S/C27H28Cl2F2N2O2S/c1-32(2)15-27(18-36(34,35)14-19-11-24(30)13-25(31)12-19)16-33(17-27)26(20-3-7-22(28)8-4-20)21-5-9-23(29)10-6-21/h3-13,26H,14-18H2,1-2H3. The van der Waals surface area contributed by atoms with Crippen molar-refractivity contribution in [1.82, 2.24) is 9.80 Å². The topological polar surface area (TPSA) is 40.6 Å². The van der Waals surface area contributed by atoms with Gasteiger partial charge in [0, 0.05) is 41.2 Å². The van der Waals surface area contributed by atoms with Crippen molar-refractivity contribution in [2.24, 2.45) is 5.41 Å². The van der Waals surface area contributed by atoms with Crippen LogP contribution in [0, 0.1) is 17.0 Å². The molecule has 4 nitrogen and oxygen atoms in total. The summed E-state index contributed by atoms with van der Waals surface area (Å²) in [5.41, 5.74) is 1.67. The molecular weight excluding hydrogens is 525 g/mol. The molecule has 1 aliphatic heterocycles. The quantitative estimate of drug-likeness (QED) is 0.334. The number of rotatable bonds is 9. The second kappa shape index (κ2) is 10.8. The third-order valence-electron chi connectivity index (χ3n) is 6.30. The fourth-order valence-electron chi connectivity index (χ4n) is 5.28. The van der Waals surface area contributed by atoms with E-state index in [1.807, 2.05) is 67.5 Å². The number of halogens is 4. The molecule has 1 saturated heterocycles. The Morgan fingerprint density at radius 2 is 1.36 bits per heavy atom. The first-order chi connectivity index (χ1) is 16.9. The summed E-state index contributed by atoms with van der Waals surface area (Å²) in [5, 5.41) is 1.28. The van der Waals surface area contributed by atoms with Gasteiger partial charge in [0.1, 0.15) is 11.6 Å². The molecular formula is C27H28Cl2F2N2O2S. The van der Waals surface area contributed by atoms with E-state index >= 15 is 0 Å². The lowest BCUT2D eigenvalue weighted by Crippen LogP contribution is -2.63. The van der Waals surface area contributed by atoms with Gasteiger partial charge in [-0.05, 0) is 67.2 Å². The maximum Gasteiger partial charge on any atom is 0.155 e. The Hall–Kier alpha value is -2.03. The minimum Gasteiger partial charge on any atom is -0.309 e. The van der Waals surface area contributed by atoms with Gasteiger partial charge >= 0.3 is 0 Å². The highest BCUT2D eigenvalue weighted by Gasteiger charge is 2.48. The monoisotopic (exact) mass is 552 g/mol. The number of hydrogen-bond donors (Lipinski definition) is 0. The van der Waals surface area contributed by atoms with E-state index in [4.69, 9.17) is 23.2 Å². The van der Waals surface area contributed by atoms with Gasteiger partial charge in [0.25, 0.3) is 0 Å². The third-order valence-corrected chi connectivity index (χ3v) is 8.63. The molecule has 1 aliphatic rings. The van der Waals surface area contributed by atoms with E-state index in [1.165, 1.54) is 0 Å². The Kier molecular flexibility index (Phi) is 8.07. The van der Waals surface area contributed by atoms with Crippen LogP contribution in [-0.2, 0) is 15.6 Å². The van der Waals surface area contributed by atoms with Gasteiger partial charge in [-0.15, -0.1) is 0 Å². The molecule has 36 heavy (non-hydrogen) atoms. The molecule has 0 N–H and O–H groups in total. The van der Waals surface area contributed by atoms with Crippen LogP contribution in [0.5, 0.6) is 0 Å². The van der Waals surface area contributed by atoms with E-state index in [0.717, 1.165) is 29.3 Å². The van der Waals surface area contributed by atoms with Crippen LogP contribution in [0.4, 0.5) is 8.78 Å². The Labute approximate surface area is 221 Å². The maximum absolute atomic E-state index is 13.6. The van der Waals surface area contributed by atoms with E-state index in [1.54, 1.807) is 0 Å². The predicted molar refractivity (Wildman–Crippen MR) is 141 cm³/mol. The number of likely N-dealkylation sites (tertiary alicyclic amines) is 1. The van der Waals surface area contributed by atoms with Crippen LogP contribution in [0.3, 0.4) is 0 Å². The second-order valence-electron chi connectivity index (χ2n) is 9.96. The van der Waals surface area contributed by atoms with Crippen LogP contribution in [-0.4, -0.2) is 57.7 Å². The molecule has 0 saturated carbocycles. The van der Waals surface area contributed by atoms with E-state index < -0.39 is 32.6 Å². The molecule has 0 aromatic heterocycles. The van der Waals surface area contributed by atoms with Gasteiger partial charge in [-0.1, -0.05) is 47.5 Å². The van der Waals surface area contributed by atoms with Crippen molar-refractivity contribution in [3.63, 3.8) is 0 Å². The summed E-state index contributed by atoms with van der Waals surface area (Å²) >= 11 is 12.2. The average molecular weight is 554 g/mol. The van der Waals surface area contributed by atoms with E-state index in [-0.39, 0.29) is 17.4 Å². The molecule has 0 bridgehead atoms. The Morgan fingerprint density at radius 1 is 0.889 bits per heavy atom. The first-order valence-electron chi connectivity index (χ1n) is 11.5. The van der Waals surface area contributed by atoms with Gasteiger partial charge in [-0.2, -0.15) is 0 Å². The van der Waals surface area contributed by atoms with Gasteiger partial charge in [0.15, 0.2) is 9.84 Å². The molecule has 0 amide bonds. The third kappa shape index (κ3) is 6.64. The maximum atomic E-state index is 13.6. The molecule has 0 spiro atoms. The highest BCUT2D eigenvalue weighted by Crippen LogP contribution is 2.42. The highest BCUT2D eigenvalue weighted by atomic mass is 35.5. The molecule has 1 fully saturated rings. The van der Waals surface area contributed by atoms with E-state index in [2.05, 4.69) is 4.90 Å². The van der Waals surface area contributed by atoms with Crippen molar-refractivity contribution >= 4 is 33.0 Å². The number of benzene rings is 3. The molecule has 0 atom stereocenters. The minimum atomic E-state index is -3.64. The summed E-state index contributed by atoms with van der Waals surface area (Å²) in [5.74, 6) is -2.06. The fraction of sp³-hybridized carbons (Fsp3) is 0.333. The first-order valence-corrected chi connectivity index (χ1v) is 14.1. The van der Waals surface area contributed by atoms with Crippen molar-refractivity contribution in [1.29, 1.82) is 0 Å². The summed E-state index contributed by atoms with van der Waals surface area (Å²) in [6, 6.07) is 18.1. The Balaban J connectivity index is 1.59. The van der Waals surface area contributed by atoms with Crippen molar-refractivity contribution in [2.75, 3.05) is 39.5 Å². The summed E-state index contributed by atoms with van der Waals surface area (Å²) < 4.78 is 53.7. The SMILES string of the molecule is CN(C)CC1(CS(=O)(=O)Cc2cc(F)cc(F)c2)CN(C(c2ccc(Cl)cc2)c2ccc(Cl)cc2)C1. The van der Waals surface area contributed by atoms with Gasteiger partial charge in [0.2, 0.25) is 0 Å². The van der Waals surface area contributed by atoms with E-state index in [0.29, 0.717) is 29.7 Å².